The van der Waals surface area contributed by atoms with E-state index in [1.165, 1.54) is 6.07 Å². The number of benzene rings is 1. The van der Waals surface area contributed by atoms with Gasteiger partial charge in [0.2, 0.25) is 0 Å². The fourth-order valence-corrected chi connectivity index (χ4v) is 1.37. The minimum absolute atomic E-state index is 0.420. The number of hydrogen-bond donors (Lipinski definition) is 0. The highest BCUT2D eigenvalue weighted by molar-refractivity contribution is 5.94. The minimum Gasteiger partial charge on any atom is -0.465 e. The summed E-state index contributed by atoms with van der Waals surface area (Å²) in [6.45, 7) is 0. The first-order chi connectivity index (χ1) is 8.43. The number of hydrogen-bond acceptors (Lipinski definition) is 5. The molecule has 0 unspecified atom stereocenters. The van der Waals surface area contributed by atoms with Gasteiger partial charge in [-0.25, -0.2) is 13.6 Å². The van der Waals surface area contributed by atoms with Gasteiger partial charge in [-0.1, -0.05) is 0 Å². The quantitative estimate of drug-likeness (QED) is 0.469. The lowest BCUT2D eigenvalue weighted by Gasteiger charge is -2.06. The van der Waals surface area contributed by atoms with Crippen molar-refractivity contribution in [3.05, 3.63) is 38.9 Å². The summed E-state index contributed by atoms with van der Waals surface area (Å²) < 4.78 is 29.5. The van der Waals surface area contributed by atoms with Crippen molar-refractivity contribution < 1.29 is 23.2 Å². The molecule has 1 rings (SSSR count). The SMILES string of the molecule is COC(=O)c1ccc(C(F)F)c([N+](=O)[O-])c1C#N. The molecule has 0 atom stereocenters. The Balaban J connectivity index is 3.65. The van der Waals surface area contributed by atoms with E-state index in [1.54, 1.807) is 0 Å². The molecule has 6 nitrogen and oxygen atoms in total. The van der Waals surface area contributed by atoms with E-state index in [1.807, 2.05) is 0 Å². The molecule has 94 valence electrons. The summed E-state index contributed by atoms with van der Waals surface area (Å²) in [4.78, 5) is 20.9. The number of methoxy groups -OCH3 is 1. The largest absolute Gasteiger partial charge is 0.465 e. The molecule has 0 aliphatic carbocycles. The summed E-state index contributed by atoms with van der Waals surface area (Å²) in [6.07, 6.45) is -3.12. The van der Waals surface area contributed by atoms with Gasteiger partial charge in [0.1, 0.15) is 11.6 Å². The Morgan fingerprint density at radius 1 is 1.56 bits per heavy atom. The first kappa shape index (κ1) is 13.5. The van der Waals surface area contributed by atoms with Crippen molar-refractivity contribution in [3.63, 3.8) is 0 Å². The molecule has 8 heteroatoms. The molecule has 1 aromatic carbocycles. The summed E-state index contributed by atoms with van der Waals surface area (Å²) >= 11 is 0. The normalized spacial score (nSPS) is 9.94. The lowest BCUT2D eigenvalue weighted by Crippen LogP contribution is -2.08. The molecule has 0 amide bonds. The highest BCUT2D eigenvalue weighted by Crippen LogP contribution is 2.33. The van der Waals surface area contributed by atoms with Gasteiger partial charge in [-0.2, -0.15) is 5.26 Å². The van der Waals surface area contributed by atoms with Gasteiger partial charge in [0.05, 0.1) is 23.2 Å². The van der Waals surface area contributed by atoms with Crippen LogP contribution in [0.3, 0.4) is 0 Å². The number of esters is 1. The van der Waals surface area contributed by atoms with Crippen molar-refractivity contribution >= 4 is 11.7 Å². The molecule has 0 spiro atoms. The Morgan fingerprint density at radius 3 is 2.56 bits per heavy atom. The third-order valence-electron chi connectivity index (χ3n) is 2.14. The van der Waals surface area contributed by atoms with Gasteiger partial charge in [0.25, 0.3) is 12.1 Å². The summed E-state index contributed by atoms with van der Waals surface area (Å²) in [7, 11) is 1.01. The number of halogens is 2. The number of rotatable bonds is 3. The molecule has 0 saturated carbocycles. The van der Waals surface area contributed by atoms with Crippen LogP contribution in [0.4, 0.5) is 14.5 Å². The molecule has 0 saturated heterocycles. The fraction of sp³-hybridized carbons (Fsp3) is 0.200. The van der Waals surface area contributed by atoms with E-state index in [-0.39, 0.29) is 0 Å². The summed E-state index contributed by atoms with van der Waals surface area (Å²) in [5.74, 6) is -1.00. The molecule has 0 heterocycles. The Hall–Kier alpha value is -2.56. The molecule has 0 aromatic heterocycles. The lowest BCUT2D eigenvalue weighted by molar-refractivity contribution is -0.386. The molecule has 0 radical (unpaired) electrons. The topological polar surface area (TPSA) is 93.2 Å². The maximum absolute atomic E-state index is 12.6. The van der Waals surface area contributed by atoms with Crippen LogP contribution in [0.5, 0.6) is 0 Å². The van der Waals surface area contributed by atoms with Crippen LogP contribution < -0.4 is 0 Å². The van der Waals surface area contributed by atoms with Gasteiger partial charge in [-0.05, 0) is 12.1 Å². The highest BCUT2D eigenvalue weighted by Gasteiger charge is 2.30. The van der Waals surface area contributed by atoms with Gasteiger partial charge < -0.3 is 4.74 Å². The second kappa shape index (κ2) is 5.18. The zero-order valence-electron chi connectivity index (χ0n) is 9.02. The van der Waals surface area contributed by atoms with E-state index in [9.17, 15) is 23.7 Å². The first-order valence-corrected chi connectivity index (χ1v) is 4.51. The first-order valence-electron chi connectivity index (χ1n) is 4.51. The van der Waals surface area contributed by atoms with Crippen molar-refractivity contribution in [3.8, 4) is 6.07 Å². The minimum atomic E-state index is -3.12. The molecule has 0 aliphatic rings. The van der Waals surface area contributed by atoms with Crippen molar-refractivity contribution in [1.29, 1.82) is 5.26 Å². The van der Waals surface area contributed by atoms with Crippen LogP contribution in [-0.4, -0.2) is 18.0 Å². The summed E-state index contributed by atoms with van der Waals surface area (Å²) in [5, 5.41) is 19.5. The third-order valence-corrected chi connectivity index (χ3v) is 2.14. The Labute approximate surface area is 99.5 Å². The predicted molar refractivity (Wildman–Crippen MR) is 54.1 cm³/mol. The molecule has 0 bridgehead atoms. The smallest absolute Gasteiger partial charge is 0.339 e. The van der Waals surface area contributed by atoms with Gasteiger partial charge in [0, 0.05) is 0 Å². The van der Waals surface area contributed by atoms with E-state index in [2.05, 4.69) is 4.74 Å². The molecular weight excluding hydrogens is 250 g/mol. The number of nitro groups is 1. The van der Waals surface area contributed by atoms with Crippen LogP contribution in [-0.2, 0) is 4.74 Å². The van der Waals surface area contributed by atoms with Crippen molar-refractivity contribution in [2.24, 2.45) is 0 Å². The number of nitro benzene ring substituents is 1. The van der Waals surface area contributed by atoms with Gasteiger partial charge in [0.15, 0.2) is 0 Å². The zero-order valence-corrected chi connectivity index (χ0v) is 9.02. The summed E-state index contributed by atoms with van der Waals surface area (Å²) in [6, 6.07) is 3.01. The van der Waals surface area contributed by atoms with Crippen molar-refractivity contribution in [2.45, 2.75) is 6.43 Å². The monoisotopic (exact) mass is 256 g/mol. The molecule has 0 fully saturated rings. The molecule has 1 aromatic rings. The van der Waals surface area contributed by atoms with E-state index in [0.29, 0.717) is 0 Å². The molecule has 0 aliphatic heterocycles. The van der Waals surface area contributed by atoms with Gasteiger partial charge in [-0.3, -0.25) is 10.1 Å². The van der Waals surface area contributed by atoms with E-state index in [0.717, 1.165) is 19.2 Å². The number of nitriles is 1. The molecule has 0 N–H and O–H groups in total. The van der Waals surface area contributed by atoms with Crippen LogP contribution in [0, 0.1) is 21.4 Å². The van der Waals surface area contributed by atoms with Crippen LogP contribution in [0.1, 0.15) is 27.9 Å². The standard InChI is InChI=1S/C10H6F2N2O4/c1-18-10(15)5-2-3-6(9(11)12)8(14(16)17)7(5)4-13/h2-3,9H,1H3. The number of nitrogens with zero attached hydrogens (tertiary/aromatic N) is 2. The summed E-state index contributed by atoms with van der Waals surface area (Å²) in [5.41, 5.74) is -3.14. The van der Waals surface area contributed by atoms with Crippen LogP contribution in [0.15, 0.2) is 12.1 Å². The number of alkyl halides is 2. The maximum Gasteiger partial charge on any atom is 0.339 e. The Kier molecular flexibility index (Phi) is 3.89. The number of ether oxygens (including phenoxy) is 1. The van der Waals surface area contributed by atoms with Gasteiger partial charge in [-0.15, -0.1) is 0 Å². The third kappa shape index (κ3) is 2.24. The van der Waals surface area contributed by atoms with Crippen LogP contribution in [0.2, 0.25) is 0 Å². The molecular formula is C10H6F2N2O4. The second-order valence-electron chi connectivity index (χ2n) is 3.09. The average molecular weight is 256 g/mol. The lowest BCUT2D eigenvalue weighted by atomic mass is 10.0. The average Bonchev–Trinajstić information content (AvgIpc) is 2.35. The maximum atomic E-state index is 12.6. The fourth-order valence-electron chi connectivity index (χ4n) is 1.37. The molecule has 18 heavy (non-hydrogen) atoms. The predicted octanol–water partition coefficient (Wildman–Crippen LogP) is 2.19. The van der Waals surface area contributed by atoms with E-state index < -0.39 is 39.7 Å². The number of carbonyl (C=O) groups is 1. The van der Waals surface area contributed by atoms with Crippen molar-refractivity contribution in [1.82, 2.24) is 0 Å². The van der Waals surface area contributed by atoms with E-state index >= 15 is 0 Å². The van der Waals surface area contributed by atoms with Crippen LogP contribution >= 0.6 is 0 Å². The highest BCUT2D eigenvalue weighted by atomic mass is 19.3. The van der Waals surface area contributed by atoms with Gasteiger partial charge >= 0.3 is 5.97 Å². The number of carbonyl (C=O) groups excluding carboxylic acids is 1. The van der Waals surface area contributed by atoms with E-state index in [4.69, 9.17) is 5.26 Å². The Bertz CT molecular complexity index is 552. The van der Waals surface area contributed by atoms with Crippen molar-refractivity contribution in [2.75, 3.05) is 7.11 Å². The second-order valence-corrected chi connectivity index (χ2v) is 3.09. The zero-order chi connectivity index (χ0) is 13.9. The van der Waals surface area contributed by atoms with Crippen LogP contribution in [0.25, 0.3) is 0 Å². The Morgan fingerprint density at radius 2 is 2.17 bits per heavy atom.